The van der Waals surface area contributed by atoms with Crippen LogP contribution in [0.5, 0.6) is 0 Å². The number of hydrogen-bond donors (Lipinski definition) is 1. The van der Waals surface area contributed by atoms with Crippen molar-refractivity contribution in [2.24, 2.45) is 34.0 Å². The predicted molar refractivity (Wildman–Crippen MR) is 128 cm³/mol. The fourth-order valence-electron chi connectivity index (χ4n) is 6.90. The van der Waals surface area contributed by atoms with Gasteiger partial charge in [0.1, 0.15) is 11.6 Å². The summed E-state index contributed by atoms with van der Waals surface area (Å²) in [6.07, 6.45) is 8.85. The number of allylic oxidation sites excluding steroid dienone is 3. The summed E-state index contributed by atoms with van der Waals surface area (Å²) in [6, 6.07) is 0. The maximum Gasteiger partial charge on any atom is 0.330 e. The maximum atomic E-state index is 13.3. The molecular formula is C28H40O5. The molecule has 3 rings (SSSR count). The number of hydrogen-bond acceptors (Lipinski definition) is 4. The Morgan fingerprint density at radius 1 is 1.18 bits per heavy atom. The predicted octanol–water partition coefficient (Wildman–Crippen LogP) is 5.72. The Morgan fingerprint density at radius 2 is 1.85 bits per heavy atom. The minimum Gasteiger partial charge on any atom is -0.478 e. The summed E-state index contributed by atoms with van der Waals surface area (Å²) in [5.74, 6) is -0.0629. The van der Waals surface area contributed by atoms with Crippen molar-refractivity contribution in [3.05, 3.63) is 23.3 Å². The SMILES string of the molecule is C/C(=C/CC[C@@H](C)C(=O)CC[C@]1(C)C(=O)C=C2[C@H]1CC[C@H]1C(C)(C)C(=O)CC[C@]21C)C(=O)O. The lowest BCUT2D eigenvalue weighted by atomic mass is 9.47. The van der Waals surface area contributed by atoms with Crippen molar-refractivity contribution in [3.8, 4) is 0 Å². The molecule has 0 aromatic heterocycles. The highest BCUT2D eigenvalue weighted by molar-refractivity contribution is 5.99. The molecule has 182 valence electrons. The summed E-state index contributed by atoms with van der Waals surface area (Å²) in [5.41, 5.74) is 0.485. The summed E-state index contributed by atoms with van der Waals surface area (Å²) in [4.78, 5) is 49.6. The first-order valence-corrected chi connectivity index (χ1v) is 12.5. The van der Waals surface area contributed by atoms with E-state index in [9.17, 15) is 19.2 Å². The average molecular weight is 457 g/mol. The number of rotatable bonds is 8. The number of carboxylic acids is 1. The number of aliphatic carboxylic acids is 1. The lowest BCUT2D eigenvalue weighted by molar-refractivity contribution is -0.141. The average Bonchev–Trinajstić information content (AvgIpc) is 3.01. The molecule has 2 fully saturated rings. The minimum atomic E-state index is -0.931. The van der Waals surface area contributed by atoms with Crippen LogP contribution in [0.25, 0.3) is 0 Å². The largest absolute Gasteiger partial charge is 0.478 e. The van der Waals surface area contributed by atoms with Crippen LogP contribution in [0.4, 0.5) is 0 Å². The molecule has 5 nitrogen and oxygen atoms in total. The van der Waals surface area contributed by atoms with Crippen molar-refractivity contribution in [1.82, 2.24) is 0 Å². The van der Waals surface area contributed by atoms with Crippen LogP contribution in [-0.4, -0.2) is 28.4 Å². The zero-order valence-corrected chi connectivity index (χ0v) is 21.1. The Balaban J connectivity index is 1.67. The Morgan fingerprint density at radius 3 is 2.48 bits per heavy atom. The number of fused-ring (bicyclic) bond motifs is 3. The van der Waals surface area contributed by atoms with Gasteiger partial charge in [-0.2, -0.15) is 0 Å². The molecule has 0 heterocycles. The molecule has 2 saturated carbocycles. The van der Waals surface area contributed by atoms with Crippen molar-refractivity contribution < 1.29 is 24.3 Å². The van der Waals surface area contributed by atoms with Crippen LogP contribution in [0.3, 0.4) is 0 Å². The maximum absolute atomic E-state index is 13.3. The van der Waals surface area contributed by atoms with Crippen LogP contribution in [0.2, 0.25) is 0 Å². The van der Waals surface area contributed by atoms with Crippen LogP contribution in [0.1, 0.15) is 92.9 Å². The van der Waals surface area contributed by atoms with Crippen molar-refractivity contribution >= 4 is 23.3 Å². The molecule has 0 aromatic carbocycles. The third kappa shape index (κ3) is 4.40. The molecular weight excluding hydrogens is 416 g/mol. The molecule has 0 aliphatic heterocycles. The van der Waals surface area contributed by atoms with E-state index in [0.717, 1.165) is 19.3 Å². The van der Waals surface area contributed by atoms with E-state index in [0.29, 0.717) is 43.5 Å². The van der Waals surface area contributed by atoms with Gasteiger partial charge in [0.05, 0.1) is 0 Å². The highest BCUT2D eigenvalue weighted by Gasteiger charge is 2.60. The van der Waals surface area contributed by atoms with Gasteiger partial charge in [-0.3, -0.25) is 14.4 Å². The van der Waals surface area contributed by atoms with E-state index < -0.39 is 11.4 Å². The highest BCUT2D eigenvalue weighted by Crippen LogP contribution is 2.65. The van der Waals surface area contributed by atoms with E-state index in [1.807, 2.05) is 19.9 Å². The van der Waals surface area contributed by atoms with Gasteiger partial charge in [0.2, 0.25) is 0 Å². The number of carbonyl (C=O) groups is 4. The van der Waals surface area contributed by atoms with Crippen LogP contribution in [-0.2, 0) is 19.2 Å². The van der Waals surface area contributed by atoms with Crippen LogP contribution in [0.15, 0.2) is 23.3 Å². The first kappa shape index (κ1) is 25.6. The molecule has 0 saturated heterocycles. The normalized spacial score (nSPS) is 34.4. The van der Waals surface area contributed by atoms with E-state index in [4.69, 9.17) is 5.11 Å². The quantitative estimate of drug-likeness (QED) is 0.472. The first-order chi connectivity index (χ1) is 15.2. The fourth-order valence-corrected chi connectivity index (χ4v) is 6.90. The van der Waals surface area contributed by atoms with E-state index in [2.05, 4.69) is 20.8 Å². The smallest absolute Gasteiger partial charge is 0.330 e. The van der Waals surface area contributed by atoms with Gasteiger partial charge in [0.25, 0.3) is 0 Å². The Bertz CT molecular complexity index is 923. The Hall–Kier alpha value is -2.04. The summed E-state index contributed by atoms with van der Waals surface area (Å²) in [7, 11) is 0. The third-order valence-electron chi connectivity index (χ3n) is 9.46. The van der Waals surface area contributed by atoms with E-state index >= 15 is 0 Å². The van der Waals surface area contributed by atoms with E-state index in [1.54, 1.807) is 13.0 Å². The van der Waals surface area contributed by atoms with Gasteiger partial charge in [0, 0.05) is 35.2 Å². The standard InChI is InChI=1S/C28H40O5/c1-17(8-7-9-18(2)25(32)33)21(29)12-14-28(6)19-10-11-22-26(3,4)23(30)13-15-27(22,5)20(19)16-24(28)31/h9,16-17,19,22H,7-8,10-15H2,1-6H3,(H,32,33)/b18-9-/t17-,19-,22+,27-,28+/m1/s1. The zero-order chi connectivity index (χ0) is 24.8. The summed E-state index contributed by atoms with van der Waals surface area (Å²) in [6.45, 7) is 11.9. The molecule has 0 unspecified atom stereocenters. The molecule has 0 amide bonds. The van der Waals surface area contributed by atoms with Gasteiger partial charge in [-0.05, 0) is 68.8 Å². The topological polar surface area (TPSA) is 88.5 Å². The second kappa shape index (κ2) is 8.96. The highest BCUT2D eigenvalue weighted by atomic mass is 16.4. The third-order valence-corrected chi connectivity index (χ3v) is 9.46. The van der Waals surface area contributed by atoms with Crippen LogP contribution in [0, 0.1) is 34.0 Å². The van der Waals surface area contributed by atoms with Gasteiger partial charge in [-0.15, -0.1) is 0 Å². The van der Waals surface area contributed by atoms with Crippen molar-refractivity contribution in [1.29, 1.82) is 0 Å². The number of Topliss-reactive ketones (excluding diaryl/α,β-unsaturated/α-hetero) is 2. The summed E-state index contributed by atoms with van der Waals surface area (Å²) in [5, 5.41) is 8.95. The molecule has 5 heteroatoms. The first-order valence-electron chi connectivity index (χ1n) is 12.5. The van der Waals surface area contributed by atoms with Gasteiger partial charge in [-0.25, -0.2) is 4.79 Å². The number of carbonyl (C=O) groups excluding carboxylic acids is 3. The molecule has 1 N–H and O–H groups in total. The lowest BCUT2D eigenvalue weighted by Gasteiger charge is -2.56. The van der Waals surface area contributed by atoms with Gasteiger partial charge in [-0.1, -0.05) is 46.3 Å². The van der Waals surface area contributed by atoms with Gasteiger partial charge in [0.15, 0.2) is 5.78 Å². The van der Waals surface area contributed by atoms with Crippen molar-refractivity contribution in [2.75, 3.05) is 0 Å². The molecule has 0 aromatic rings. The minimum absolute atomic E-state index is 0.126. The lowest BCUT2D eigenvalue weighted by Crippen LogP contribution is -2.52. The van der Waals surface area contributed by atoms with E-state index in [1.165, 1.54) is 5.57 Å². The molecule has 0 radical (unpaired) electrons. The van der Waals surface area contributed by atoms with E-state index in [-0.39, 0.29) is 40.2 Å². The Labute approximate surface area is 198 Å². The molecule has 3 aliphatic rings. The molecule has 0 bridgehead atoms. The summed E-state index contributed by atoms with van der Waals surface area (Å²) < 4.78 is 0. The van der Waals surface area contributed by atoms with Crippen molar-refractivity contribution in [3.63, 3.8) is 0 Å². The summed E-state index contributed by atoms with van der Waals surface area (Å²) >= 11 is 0. The van der Waals surface area contributed by atoms with Gasteiger partial charge < -0.3 is 5.11 Å². The molecule has 5 atom stereocenters. The fraction of sp³-hybridized carbons (Fsp3) is 0.714. The van der Waals surface area contributed by atoms with Crippen LogP contribution >= 0.6 is 0 Å². The van der Waals surface area contributed by atoms with Gasteiger partial charge >= 0.3 is 5.97 Å². The second-order valence-electron chi connectivity index (χ2n) is 11.8. The van der Waals surface area contributed by atoms with Crippen LogP contribution < -0.4 is 0 Å². The zero-order valence-electron chi connectivity index (χ0n) is 21.1. The van der Waals surface area contributed by atoms with Crippen molar-refractivity contribution in [2.45, 2.75) is 92.9 Å². The molecule has 33 heavy (non-hydrogen) atoms. The molecule has 3 aliphatic carbocycles. The monoisotopic (exact) mass is 456 g/mol. The molecule has 0 spiro atoms. The number of ketones is 3. The Kier molecular flexibility index (Phi) is 6.94. The second-order valence-corrected chi connectivity index (χ2v) is 11.8. The number of carboxylic acid groups (broad SMARTS) is 1.